The number of fused-ring (bicyclic) bond motifs is 1. The molecular formula is C14H20N2S. The lowest BCUT2D eigenvalue weighted by atomic mass is 10.1. The molecule has 92 valence electrons. The monoisotopic (exact) mass is 248 g/mol. The highest BCUT2D eigenvalue weighted by Gasteiger charge is 2.11. The zero-order chi connectivity index (χ0) is 12.3. The fourth-order valence-corrected chi connectivity index (χ4v) is 3.00. The summed E-state index contributed by atoms with van der Waals surface area (Å²) in [6.07, 6.45) is 1.05. The second-order valence-corrected chi connectivity index (χ2v) is 5.51. The van der Waals surface area contributed by atoms with Crippen LogP contribution in [0.25, 0.3) is 10.1 Å². The molecule has 0 aliphatic rings. The molecule has 1 heterocycles. The van der Waals surface area contributed by atoms with Crippen LogP contribution >= 0.6 is 11.3 Å². The lowest BCUT2D eigenvalue weighted by molar-refractivity contribution is 0.241. The Bertz CT molecular complexity index is 478. The van der Waals surface area contributed by atoms with Crippen molar-refractivity contribution in [3.05, 3.63) is 35.2 Å². The second-order valence-electron chi connectivity index (χ2n) is 4.60. The average molecular weight is 248 g/mol. The van der Waals surface area contributed by atoms with Crippen molar-refractivity contribution in [2.24, 2.45) is 5.73 Å². The molecular weight excluding hydrogens is 228 g/mol. The molecule has 2 rings (SSSR count). The van der Waals surface area contributed by atoms with Crippen molar-refractivity contribution in [1.82, 2.24) is 4.90 Å². The van der Waals surface area contributed by atoms with E-state index >= 15 is 0 Å². The normalized spacial score (nSPS) is 13.4. The molecule has 0 fully saturated rings. The molecule has 1 unspecified atom stereocenters. The molecule has 0 radical (unpaired) electrons. The molecule has 1 aromatic heterocycles. The Morgan fingerprint density at radius 2 is 2.12 bits per heavy atom. The third-order valence-corrected chi connectivity index (χ3v) is 4.33. The van der Waals surface area contributed by atoms with Gasteiger partial charge in [-0.1, -0.05) is 18.2 Å². The largest absolute Gasteiger partial charge is 0.330 e. The number of benzene rings is 1. The fraction of sp³-hybridized carbons (Fsp3) is 0.429. The van der Waals surface area contributed by atoms with Crippen molar-refractivity contribution in [2.75, 3.05) is 13.6 Å². The predicted molar refractivity (Wildman–Crippen MR) is 76.4 cm³/mol. The molecule has 0 aliphatic carbocycles. The van der Waals surface area contributed by atoms with Crippen LogP contribution in [-0.2, 0) is 6.54 Å². The van der Waals surface area contributed by atoms with Crippen molar-refractivity contribution < 1.29 is 0 Å². The first-order valence-corrected chi connectivity index (χ1v) is 6.95. The van der Waals surface area contributed by atoms with E-state index < -0.39 is 0 Å². The third-order valence-electron chi connectivity index (χ3n) is 3.32. The van der Waals surface area contributed by atoms with Crippen LogP contribution in [0.2, 0.25) is 0 Å². The Balaban J connectivity index is 2.13. The van der Waals surface area contributed by atoms with E-state index in [-0.39, 0.29) is 0 Å². The summed E-state index contributed by atoms with van der Waals surface area (Å²) in [5.74, 6) is 0. The Kier molecular flexibility index (Phi) is 4.15. The molecule has 17 heavy (non-hydrogen) atoms. The molecule has 1 atom stereocenters. The minimum atomic E-state index is 0.540. The van der Waals surface area contributed by atoms with E-state index in [2.05, 4.69) is 48.5 Å². The van der Waals surface area contributed by atoms with Gasteiger partial charge in [-0.3, -0.25) is 4.90 Å². The lowest BCUT2D eigenvalue weighted by Crippen LogP contribution is -2.30. The van der Waals surface area contributed by atoms with Gasteiger partial charge in [-0.05, 0) is 49.3 Å². The molecule has 1 aromatic carbocycles. The van der Waals surface area contributed by atoms with E-state index in [1.54, 1.807) is 0 Å². The van der Waals surface area contributed by atoms with E-state index in [1.807, 2.05) is 11.3 Å². The van der Waals surface area contributed by atoms with Crippen molar-refractivity contribution in [1.29, 1.82) is 0 Å². The van der Waals surface area contributed by atoms with Gasteiger partial charge in [0.1, 0.15) is 0 Å². The summed E-state index contributed by atoms with van der Waals surface area (Å²) >= 11 is 1.83. The van der Waals surface area contributed by atoms with Gasteiger partial charge >= 0.3 is 0 Å². The molecule has 0 bridgehead atoms. The number of hydrogen-bond acceptors (Lipinski definition) is 3. The Morgan fingerprint density at radius 3 is 2.88 bits per heavy atom. The van der Waals surface area contributed by atoms with Gasteiger partial charge in [0.15, 0.2) is 0 Å². The van der Waals surface area contributed by atoms with E-state index in [9.17, 15) is 0 Å². The zero-order valence-electron chi connectivity index (χ0n) is 10.5. The van der Waals surface area contributed by atoms with Crippen LogP contribution in [0.1, 0.15) is 18.9 Å². The average Bonchev–Trinajstić information content (AvgIpc) is 2.73. The van der Waals surface area contributed by atoms with Gasteiger partial charge in [-0.15, -0.1) is 11.3 Å². The predicted octanol–water partition coefficient (Wildman–Crippen LogP) is 3.07. The first-order chi connectivity index (χ1) is 8.22. The van der Waals surface area contributed by atoms with Crippen LogP contribution < -0.4 is 5.73 Å². The minimum absolute atomic E-state index is 0.540. The van der Waals surface area contributed by atoms with Crippen molar-refractivity contribution >= 4 is 21.4 Å². The maximum atomic E-state index is 5.61. The summed E-state index contributed by atoms with van der Waals surface area (Å²) in [4.78, 5) is 2.38. The van der Waals surface area contributed by atoms with E-state index in [0.29, 0.717) is 6.04 Å². The van der Waals surface area contributed by atoms with Crippen LogP contribution in [-0.4, -0.2) is 24.5 Å². The summed E-state index contributed by atoms with van der Waals surface area (Å²) in [7, 11) is 2.17. The molecule has 3 heteroatoms. The quantitative estimate of drug-likeness (QED) is 0.881. The smallest absolute Gasteiger partial charge is 0.0346 e. The maximum absolute atomic E-state index is 5.61. The summed E-state index contributed by atoms with van der Waals surface area (Å²) in [6.45, 7) is 4.00. The van der Waals surface area contributed by atoms with Gasteiger partial charge in [-0.25, -0.2) is 0 Å². The van der Waals surface area contributed by atoms with Crippen molar-refractivity contribution in [3.63, 3.8) is 0 Å². The van der Waals surface area contributed by atoms with Crippen LogP contribution in [0.5, 0.6) is 0 Å². The van der Waals surface area contributed by atoms with Gasteiger partial charge in [-0.2, -0.15) is 0 Å². The molecule has 0 saturated heterocycles. The van der Waals surface area contributed by atoms with Gasteiger partial charge in [0, 0.05) is 17.3 Å². The molecule has 0 saturated carbocycles. The van der Waals surface area contributed by atoms with Crippen LogP contribution in [0.3, 0.4) is 0 Å². The molecule has 2 nitrogen and oxygen atoms in total. The number of nitrogens with zero attached hydrogens (tertiary/aromatic N) is 1. The molecule has 2 aromatic rings. The van der Waals surface area contributed by atoms with E-state index in [4.69, 9.17) is 5.73 Å². The number of hydrogen-bond donors (Lipinski definition) is 1. The minimum Gasteiger partial charge on any atom is -0.330 e. The Hall–Kier alpha value is -0.900. The number of nitrogens with two attached hydrogens (primary N) is 1. The Labute approximate surface area is 107 Å². The summed E-state index contributed by atoms with van der Waals surface area (Å²) in [5, 5.41) is 3.67. The van der Waals surface area contributed by atoms with E-state index in [0.717, 1.165) is 19.5 Å². The van der Waals surface area contributed by atoms with Gasteiger partial charge < -0.3 is 5.73 Å². The van der Waals surface area contributed by atoms with Gasteiger partial charge in [0.25, 0.3) is 0 Å². The third kappa shape index (κ3) is 2.86. The molecule has 0 aliphatic heterocycles. The standard InChI is InChI=1S/C14H20N2S/c1-11(7-8-15)16(2)9-12-10-17-14-6-4-3-5-13(12)14/h3-6,10-11H,7-9,15H2,1-2H3. The first-order valence-electron chi connectivity index (χ1n) is 6.07. The van der Waals surface area contributed by atoms with Gasteiger partial charge in [0.05, 0.1) is 0 Å². The molecule has 0 spiro atoms. The second kappa shape index (κ2) is 5.63. The van der Waals surface area contributed by atoms with Crippen LogP contribution in [0.15, 0.2) is 29.6 Å². The topological polar surface area (TPSA) is 29.3 Å². The highest BCUT2D eigenvalue weighted by Crippen LogP contribution is 2.26. The maximum Gasteiger partial charge on any atom is 0.0346 e. The molecule has 0 amide bonds. The van der Waals surface area contributed by atoms with Gasteiger partial charge in [0.2, 0.25) is 0 Å². The number of rotatable bonds is 5. The summed E-state index contributed by atoms with van der Waals surface area (Å²) < 4.78 is 1.38. The Morgan fingerprint density at radius 1 is 1.35 bits per heavy atom. The highest BCUT2D eigenvalue weighted by atomic mass is 32.1. The highest BCUT2D eigenvalue weighted by molar-refractivity contribution is 7.17. The number of thiophene rings is 1. The fourth-order valence-electron chi connectivity index (χ4n) is 2.04. The summed E-state index contributed by atoms with van der Waals surface area (Å²) in [5.41, 5.74) is 7.03. The van der Waals surface area contributed by atoms with Crippen LogP contribution in [0.4, 0.5) is 0 Å². The van der Waals surface area contributed by atoms with Crippen LogP contribution in [0, 0.1) is 0 Å². The van der Waals surface area contributed by atoms with Crippen molar-refractivity contribution in [3.8, 4) is 0 Å². The SMILES string of the molecule is CC(CCN)N(C)Cc1csc2ccccc12. The van der Waals surface area contributed by atoms with E-state index in [1.165, 1.54) is 15.6 Å². The lowest BCUT2D eigenvalue weighted by Gasteiger charge is -2.23. The zero-order valence-corrected chi connectivity index (χ0v) is 11.3. The van der Waals surface area contributed by atoms with Crippen molar-refractivity contribution in [2.45, 2.75) is 25.9 Å². The molecule has 2 N–H and O–H groups in total. The summed E-state index contributed by atoms with van der Waals surface area (Å²) in [6, 6.07) is 9.15. The first kappa shape index (κ1) is 12.6.